The van der Waals surface area contributed by atoms with E-state index in [2.05, 4.69) is 10.6 Å². The lowest BCUT2D eigenvalue weighted by Gasteiger charge is -2.22. The second-order valence-corrected chi connectivity index (χ2v) is 5.62. The first-order valence-electron chi connectivity index (χ1n) is 7.91. The zero-order chi connectivity index (χ0) is 15.8. The third kappa shape index (κ3) is 4.76. The Hall–Kier alpha value is -2.04. The first kappa shape index (κ1) is 16.3. The van der Waals surface area contributed by atoms with Gasteiger partial charge in [0.2, 0.25) is 5.91 Å². The molecule has 0 aliphatic heterocycles. The molecule has 1 fully saturated rings. The second kappa shape index (κ2) is 8.41. The van der Waals surface area contributed by atoms with Crippen molar-refractivity contribution in [3.8, 4) is 0 Å². The van der Waals surface area contributed by atoms with Gasteiger partial charge in [-0.2, -0.15) is 0 Å². The minimum absolute atomic E-state index is 0.0648. The van der Waals surface area contributed by atoms with E-state index in [-0.39, 0.29) is 11.9 Å². The molecular weight excluding hydrogens is 280 g/mol. The van der Waals surface area contributed by atoms with E-state index in [9.17, 15) is 9.59 Å². The molecule has 0 radical (unpaired) electrons. The molecule has 120 valence electrons. The average Bonchev–Trinajstić information content (AvgIpc) is 2.55. The van der Waals surface area contributed by atoms with E-state index in [0.29, 0.717) is 30.3 Å². The zero-order valence-corrected chi connectivity index (χ0v) is 13.1. The molecule has 2 rings (SSSR count). The molecule has 0 bridgehead atoms. The largest absolute Gasteiger partial charge is 0.465 e. The Morgan fingerprint density at radius 2 is 1.91 bits per heavy atom. The maximum atomic E-state index is 11.9. The first-order chi connectivity index (χ1) is 10.7. The third-order valence-electron chi connectivity index (χ3n) is 3.97. The highest BCUT2D eigenvalue weighted by atomic mass is 16.5. The minimum atomic E-state index is -0.380. The Morgan fingerprint density at radius 1 is 1.18 bits per heavy atom. The van der Waals surface area contributed by atoms with Gasteiger partial charge in [0.25, 0.3) is 0 Å². The van der Waals surface area contributed by atoms with Crippen LogP contribution in [0.25, 0.3) is 0 Å². The summed E-state index contributed by atoms with van der Waals surface area (Å²) in [7, 11) is 1.36. The molecule has 1 aromatic rings. The molecule has 0 spiro atoms. The number of carbonyl (C=O) groups is 2. The van der Waals surface area contributed by atoms with E-state index >= 15 is 0 Å². The third-order valence-corrected chi connectivity index (χ3v) is 3.97. The van der Waals surface area contributed by atoms with E-state index in [0.717, 1.165) is 12.8 Å². The number of hydrogen-bond acceptors (Lipinski definition) is 4. The van der Waals surface area contributed by atoms with Crippen LogP contribution in [0.1, 0.15) is 48.9 Å². The Balaban J connectivity index is 1.78. The minimum Gasteiger partial charge on any atom is -0.465 e. The van der Waals surface area contributed by atoms with E-state index in [4.69, 9.17) is 4.74 Å². The lowest BCUT2D eigenvalue weighted by atomic mass is 9.95. The Kier molecular flexibility index (Phi) is 6.25. The van der Waals surface area contributed by atoms with E-state index < -0.39 is 0 Å². The molecule has 0 atom stereocenters. The Labute approximate surface area is 131 Å². The number of benzene rings is 1. The fourth-order valence-electron chi connectivity index (χ4n) is 2.78. The summed E-state index contributed by atoms with van der Waals surface area (Å²) in [5, 5.41) is 6.22. The number of nitrogens with one attached hydrogen (secondary N) is 2. The van der Waals surface area contributed by atoms with Crippen LogP contribution in [0, 0.1) is 0 Å². The molecule has 1 amide bonds. The van der Waals surface area contributed by atoms with Crippen LogP contribution in [-0.2, 0) is 9.53 Å². The van der Waals surface area contributed by atoms with Gasteiger partial charge in [-0.1, -0.05) is 31.4 Å². The molecule has 5 nitrogen and oxygen atoms in total. The van der Waals surface area contributed by atoms with Crippen LogP contribution in [0.3, 0.4) is 0 Å². The number of para-hydroxylation sites is 1. The molecule has 1 saturated carbocycles. The van der Waals surface area contributed by atoms with Crippen LogP contribution in [0.2, 0.25) is 0 Å². The van der Waals surface area contributed by atoms with Crippen LogP contribution in [-0.4, -0.2) is 31.6 Å². The van der Waals surface area contributed by atoms with Crippen molar-refractivity contribution in [1.29, 1.82) is 0 Å². The lowest BCUT2D eigenvalue weighted by Crippen LogP contribution is -2.36. The number of anilines is 1. The van der Waals surface area contributed by atoms with Gasteiger partial charge in [0.05, 0.1) is 12.7 Å². The summed E-state index contributed by atoms with van der Waals surface area (Å²) in [6.07, 6.45) is 6.25. The SMILES string of the molecule is COC(=O)c1ccccc1NCCC(=O)NC1CCCCC1. The number of esters is 1. The molecule has 2 N–H and O–H groups in total. The quantitative estimate of drug-likeness (QED) is 0.793. The van der Waals surface area contributed by atoms with Crippen molar-refractivity contribution in [1.82, 2.24) is 5.32 Å². The number of hydrogen-bond donors (Lipinski definition) is 2. The predicted octanol–water partition coefficient (Wildman–Crippen LogP) is 2.72. The summed E-state index contributed by atoms with van der Waals surface area (Å²) >= 11 is 0. The molecule has 1 aromatic carbocycles. The molecule has 0 saturated heterocycles. The monoisotopic (exact) mass is 304 g/mol. The van der Waals surface area contributed by atoms with Crippen molar-refractivity contribution in [3.05, 3.63) is 29.8 Å². The smallest absolute Gasteiger partial charge is 0.339 e. The van der Waals surface area contributed by atoms with Crippen molar-refractivity contribution < 1.29 is 14.3 Å². The number of methoxy groups -OCH3 is 1. The summed E-state index contributed by atoms with van der Waals surface area (Å²) in [5.74, 6) is -0.315. The molecule has 5 heteroatoms. The standard InChI is InChI=1S/C17H24N2O3/c1-22-17(21)14-9-5-6-10-15(14)18-12-11-16(20)19-13-7-3-2-4-8-13/h5-6,9-10,13,18H,2-4,7-8,11-12H2,1H3,(H,19,20). The highest BCUT2D eigenvalue weighted by Crippen LogP contribution is 2.18. The number of rotatable bonds is 6. The highest BCUT2D eigenvalue weighted by molar-refractivity contribution is 5.95. The summed E-state index contributed by atoms with van der Waals surface area (Å²) in [6.45, 7) is 0.493. The second-order valence-electron chi connectivity index (χ2n) is 5.62. The Bertz CT molecular complexity index is 510. The highest BCUT2D eigenvalue weighted by Gasteiger charge is 2.15. The number of carbonyl (C=O) groups excluding carboxylic acids is 2. The topological polar surface area (TPSA) is 67.4 Å². The number of amides is 1. The number of ether oxygens (including phenoxy) is 1. The van der Waals surface area contributed by atoms with Gasteiger partial charge in [-0.25, -0.2) is 4.79 Å². The first-order valence-corrected chi connectivity index (χ1v) is 7.91. The maximum Gasteiger partial charge on any atom is 0.339 e. The van der Waals surface area contributed by atoms with Gasteiger partial charge >= 0.3 is 5.97 Å². The van der Waals surface area contributed by atoms with Crippen LogP contribution >= 0.6 is 0 Å². The van der Waals surface area contributed by atoms with Crippen molar-refractivity contribution >= 4 is 17.6 Å². The van der Waals surface area contributed by atoms with Crippen LogP contribution < -0.4 is 10.6 Å². The van der Waals surface area contributed by atoms with Gasteiger partial charge < -0.3 is 15.4 Å². The van der Waals surface area contributed by atoms with E-state index in [1.165, 1.54) is 26.4 Å². The summed E-state index contributed by atoms with van der Waals surface area (Å²) in [5.41, 5.74) is 1.18. The van der Waals surface area contributed by atoms with Crippen LogP contribution in [0.5, 0.6) is 0 Å². The van der Waals surface area contributed by atoms with Gasteiger partial charge in [0.15, 0.2) is 0 Å². The van der Waals surface area contributed by atoms with Gasteiger partial charge in [0.1, 0.15) is 0 Å². The molecule has 0 heterocycles. The molecule has 0 unspecified atom stereocenters. The lowest BCUT2D eigenvalue weighted by molar-refractivity contribution is -0.121. The predicted molar refractivity (Wildman–Crippen MR) is 85.9 cm³/mol. The van der Waals surface area contributed by atoms with Gasteiger partial charge in [0, 0.05) is 24.7 Å². The molecule has 22 heavy (non-hydrogen) atoms. The van der Waals surface area contributed by atoms with Crippen molar-refractivity contribution in [2.24, 2.45) is 0 Å². The van der Waals surface area contributed by atoms with Gasteiger partial charge in [-0.05, 0) is 25.0 Å². The van der Waals surface area contributed by atoms with Gasteiger partial charge in [-0.15, -0.1) is 0 Å². The van der Waals surface area contributed by atoms with Crippen LogP contribution in [0.4, 0.5) is 5.69 Å². The summed E-state index contributed by atoms with van der Waals surface area (Å²) in [6, 6.07) is 7.48. The molecule has 1 aliphatic carbocycles. The normalized spacial score (nSPS) is 15.1. The van der Waals surface area contributed by atoms with Crippen LogP contribution in [0.15, 0.2) is 24.3 Å². The van der Waals surface area contributed by atoms with Crippen molar-refractivity contribution in [3.63, 3.8) is 0 Å². The van der Waals surface area contributed by atoms with Crippen molar-refractivity contribution in [2.45, 2.75) is 44.6 Å². The fraction of sp³-hybridized carbons (Fsp3) is 0.529. The average molecular weight is 304 g/mol. The molecular formula is C17H24N2O3. The molecule has 1 aliphatic rings. The van der Waals surface area contributed by atoms with E-state index in [1.54, 1.807) is 12.1 Å². The Morgan fingerprint density at radius 3 is 2.64 bits per heavy atom. The van der Waals surface area contributed by atoms with Crippen molar-refractivity contribution in [2.75, 3.05) is 19.0 Å². The zero-order valence-electron chi connectivity index (χ0n) is 13.1. The maximum absolute atomic E-state index is 11.9. The fourth-order valence-corrected chi connectivity index (χ4v) is 2.78. The summed E-state index contributed by atoms with van der Waals surface area (Å²) in [4.78, 5) is 23.6. The molecule has 0 aromatic heterocycles. The summed E-state index contributed by atoms with van der Waals surface area (Å²) < 4.78 is 4.75. The van der Waals surface area contributed by atoms with E-state index in [1.807, 2.05) is 12.1 Å². The van der Waals surface area contributed by atoms with Gasteiger partial charge in [-0.3, -0.25) is 4.79 Å².